The van der Waals surface area contributed by atoms with E-state index < -0.39 is 11.7 Å². The Hall–Kier alpha value is -1.65. The van der Waals surface area contributed by atoms with E-state index in [4.69, 9.17) is 5.73 Å². The van der Waals surface area contributed by atoms with Crippen molar-refractivity contribution in [2.24, 2.45) is 5.73 Å². The molecule has 0 fully saturated rings. The third kappa shape index (κ3) is 1.50. The zero-order chi connectivity index (χ0) is 9.14. The molecule has 0 aliphatic heterocycles. The van der Waals surface area contributed by atoms with E-state index in [2.05, 4.69) is 9.72 Å². The standard InChI is InChI=1S/C7H7FN2O2/c1-12-6-2-4(7(9)11)5(8)3-10-6/h2-3H,1H3,(H2,9,11). The van der Waals surface area contributed by atoms with Crippen LogP contribution in [0.15, 0.2) is 12.3 Å². The quantitative estimate of drug-likeness (QED) is 0.695. The van der Waals surface area contributed by atoms with Gasteiger partial charge in [0.1, 0.15) is 0 Å². The number of nitrogens with two attached hydrogens (primary N) is 1. The van der Waals surface area contributed by atoms with E-state index in [1.165, 1.54) is 7.11 Å². The Morgan fingerprint density at radius 2 is 2.42 bits per heavy atom. The molecule has 0 aliphatic rings. The number of halogens is 1. The van der Waals surface area contributed by atoms with E-state index in [1.807, 2.05) is 0 Å². The fraction of sp³-hybridized carbons (Fsp3) is 0.143. The van der Waals surface area contributed by atoms with Crippen LogP contribution in [0.5, 0.6) is 5.88 Å². The lowest BCUT2D eigenvalue weighted by Crippen LogP contribution is -2.13. The van der Waals surface area contributed by atoms with Crippen molar-refractivity contribution in [3.63, 3.8) is 0 Å². The van der Waals surface area contributed by atoms with Crippen molar-refractivity contribution in [3.05, 3.63) is 23.6 Å². The first-order valence-electron chi connectivity index (χ1n) is 3.14. The van der Waals surface area contributed by atoms with Crippen LogP contribution in [-0.2, 0) is 0 Å². The van der Waals surface area contributed by atoms with Crippen molar-refractivity contribution < 1.29 is 13.9 Å². The summed E-state index contributed by atoms with van der Waals surface area (Å²) in [7, 11) is 1.37. The molecule has 0 bridgehead atoms. The van der Waals surface area contributed by atoms with Crippen molar-refractivity contribution >= 4 is 5.91 Å². The molecule has 2 N–H and O–H groups in total. The maximum absolute atomic E-state index is 12.7. The molecule has 5 heteroatoms. The van der Waals surface area contributed by atoms with Crippen molar-refractivity contribution in [2.75, 3.05) is 7.11 Å². The lowest BCUT2D eigenvalue weighted by atomic mass is 10.2. The van der Waals surface area contributed by atoms with Gasteiger partial charge in [0.25, 0.3) is 5.91 Å². The van der Waals surface area contributed by atoms with Gasteiger partial charge in [-0.2, -0.15) is 0 Å². The number of rotatable bonds is 2. The molecule has 0 saturated heterocycles. The number of hydrogen-bond acceptors (Lipinski definition) is 3. The van der Waals surface area contributed by atoms with Gasteiger partial charge in [0.05, 0.1) is 18.9 Å². The Balaban J connectivity index is 3.17. The molecule has 1 aromatic rings. The van der Waals surface area contributed by atoms with Gasteiger partial charge in [-0.25, -0.2) is 9.37 Å². The summed E-state index contributed by atoms with van der Waals surface area (Å²) < 4.78 is 17.4. The third-order valence-corrected chi connectivity index (χ3v) is 1.30. The first-order chi connectivity index (χ1) is 5.65. The van der Waals surface area contributed by atoms with Crippen molar-refractivity contribution in [1.29, 1.82) is 0 Å². The van der Waals surface area contributed by atoms with Gasteiger partial charge in [-0.05, 0) is 0 Å². The van der Waals surface area contributed by atoms with Crippen molar-refractivity contribution in [3.8, 4) is 5.88 Å². The van der Waals surface area contributed by atoms with Gasteiger partial charge in [0.15, 0.2) is 5.82 Å². The Labute approximate surface area is 68.2 Å². The second kappa shape index (κ2) is 3.17. The topological polar surface area (TPSA) is 65.2 Å². The smallest absolute Gasteiger partial charge is 0.251 e. The Kier molecular flexibility index (Phi) is 2.23. The molecule has 1 aromatic heterocycles. The minimum atomic E-state index is -0.840. The van der Waals surface area contributed by atoms with Gasteiger partial charge in [-0.1, -0.05) is 0 Å². The lowest BCUT2D eigenvalue weighted by molar-refractivity contribution is 0.0996. The summed E-state index contributed by atoms with van der Waals surface area (Å²) in [6.45, 7) is 0. The van der Waals surface area contributed by atoms with Crippen LogP contribution in [0.4, 0.5) is 4.39 Å². The molecule has 64 valence electrons. The highest BCUT2D eigenvalue weighted by atomic mass is 19.1. The van der Waals surface area contributed by atoms with Gasteiger partial charge in [-0.3, -0.25) is 4.79 Å². The summed E-state index contributed by atoms with van der Waals surface area (Å²) in [6.07, 6.45) is 0.888. The molecule has 0 atom stereocenters. The molecule has 1 amide bonds. The van der Waals surface area contributed by atoms with Crippen molar-refractivity contribution in [1.82, 2.24) is 4.98 Å². The fourth-order valence-corrected chi connectivity index (χ4v) is 0.720. The van der Waals surface area contributed by atoms with Gasteiger partial charge < -0.3 is 10.5 Å². The molecule has 0 aliphatic carbocycles. The number of carbonyl (C=O) groups is 1. The number of aromatic nitrogens is 1. The zero-order valence-corrected chi connectivity index (χ0v) is 6.37. The number of methoxy groups -OCH3 is 1. The van der Waals surface area contributed by atoms with Crippen LogP contribution in [0.1, 0.15) is 10.4 Å². The van der Waals surface area contributed by atoms with Crippen LogP contribution < -0.4 is 10.5 Å². The molecule has 0 saturated carbocycles. The number of pyridine rings is 1. The SMILES string of the molecule is COc1cc(C(N)=O)c(F)cn1. The minimum absolute atomic E-state index is 0.158. The molecule has 0 radical (unpaired) electrons. The van der Waals surface area contributed by atoms with Crippen LogP contribution in [-0.4, -0.2) is 18.0 Å². The van der Waals surface area contributed by atoms with Gasteiger partial charge >= 0.3 is 0 Å². The van der Waals surface area contributed by atoms with Crippen LogP contribution in [0.2, 0.25) is 0 Å². The summed E-state index contributed by atoms with van der Waals surface area (Å²) in [5, 5.41) is 0. The summed E-state index contributed by atoms with van der Waals surface area (Å²) in [5.41, 5.74) is 4.66. The molecule has 0 unspecified atom stereocenters. The Morgan fingerprint density at radius 1 is 1.75 bits per heavy atom. The van der Waals surface area contributed by atoms with Gasteiger partial charge in [-0.15, -0.1) is 0 Å². The normalized spacial score (nSPS) is 9.50. The molecule has 0 aromatic carbocycles. The van der Waals surface area contributed by atoms with Gasteiger partial charge in [0, 0.05) is 6.07 Å². The maximum Gasteiger partial charge on any atom is 0.251 e. The fourth-order valence-electron chi connectivity index (χ4n) is 0.720. The molecular formula is C7H7FN2O2. The minimum Gasteiger partial charge on any atom is -0.481 e. The predicted molar refractivity (Wildman–Crippen MR) is 39.3 cm³/mol. The Bertz CT molecular complexity index is 314. The van der Waals surface area contributed by atoms with Crippen LogP contribution in [0, 0.1) is 5.82 Å². The van der Waals surface area contributed by atoms with Crippen molar-refractivity contribution in [2.45, 2.75) is 0 Å². The number of hydrogen-bond donors (Lipinski definition) is 1. The molecule has 12 heavy (non-hydrogen) atoms. The summed E-state index contributed by atoms with van der Waals surface area (Å²) >= 11 is 0. The summed E-state index contributed by atoms with van der Waals surface area (Å²) in [5.74, 6) is -1.43. The second-order valence-electron chi connectivity index (χ2n) is 2.07. The Morgan fingerprint density at radius 3 is 2.92 bits per heavy atom. The number of nitrogens with zero attached hydrogens (tertiary/aromatic N) is 1. The number of carbonyl (C=O) groups excluding carboxylic acids is 1. The van der Waals surface area contributed by atoms with E-state index >= 15 is 0 Å². The van der Waals surface area contributed by atoms with E-state index in [0.29, 0.717) is 0 Å². The molecule has 1 rings (SSSR count). The van der Waals surface area contributed by atoms with Gasteiger partial charge in [0.2, 0.25) is 5.88 Å². The van der Waals surface area contributed by atoms with E-state index in [0.717, 1.165) is 12.3 Å². The third-order valence-electron chi connectivity index (χ3n) is 1.30. The number of primary amides is 1. The highest BCUT2D eigenvalue weighted by Gasteiger charge is 2.09. The average Bonchev–Trinajstić information content (AvgIpc) is 2.05. The monoisotopic (exact) mass is 170 g/mol. The molecule has 0 spiro atoms. The largest absolute Gasteiger partial charge is 0.481 e. The second-order valence-corrected chi connectivity index (χ2v) is 2.07. The first kappa shape index (κ1) is 8.45. The molecule has 1 heterocycles. The maximum atomic E-state index is 12.7. The number of ether oxygens (including phenoxy) is 1. The summed E-state index contributed by atoms with van der Waals surface area (Å²) in [6, 6.07) is 1.15. The number of amides is 1. The predicted octanol–water partition coefficient (Wildman–Crippen LogP) is 0.328. The van der Waals surface area contributed by atoms with Crippen LogP contribution in [0.3, 0.4) is 0 Å². The zero-order valence-electron chi connectivity index (χ0n) is 6.37. The molecule has 4 nitrogen and oxygen atoms in total. The summed E-state index contributed by atoms with van der Waals surface area (Å²) in [4.78, 5) is 14.1. The average molecular weight is 170 g/mol. The van der Waals surface area contributed by atoms with E-state index in [1.54, 1.807) is 0 Å². The van der Waals surface area contributed by atoms with E-state index in [-0.39, 0.29) is 11.4 Å². The molecular weight excluding hydrogens is 163 g/mol. The van der Waals surface area contributed by atoms with Crippen LogP contribution >= 0.6 is 0 Å². The highest BCUT2D eigenvalue weighted by Crippen LogP contribution is 2.11. The lowest BCUT2D eigenvalue weighted by Gasteiger charge is -2.00. The highest BCUT2D eigenvalue weighted by molar-refractivity contribution is 5.93. The van der Waals surface area contributed by atoms with Crippen LogP contribution in [0.25, 0.3) is 0 Å². The van der Waals surface area contributed by atoms with E-state index in [9.17, 15) is 9.18 Å². The first-order valence-corrected chi connectivity index (χ1v) is 3.14.